The van der Waals surface area contributed by atoms with E-state index >= 15 is 0 Å². The lowest BCUT2D eigenvalue weighted by molar-refractivity contribution is -0.132. The van der Waals surface area contributed by atoms with Crippen LogP contribution >= 0.6 is 0 Å². The van der Waals surface area contributed by atoms with E-state index in [0.717, 1.165) is 12.8 Å². The SMILES string of the molecule is CCN(CC)S(=O)(=O)CC(=O)N1CCC(C)CC1CN. The second-order valence-corrected chi connectivity index (χ2v) is 7.42. The minimum absolute atomic E-state index is 0.0295. The van der Waals surface area contributed by atoms with Crippen molar-refractivity contribution in [3.8, 4) is 0 Å². The van der Waals surface area contributed by atoms with Crippen molar-refractivity contribution < 1.29 is 13.2 Å². The Balaban J connectivity index is 2.75. The largest absolute Gasteiger partial charge is 0.338 e. The topological polar surface area (TPSA) is 83.7 Å². The van der Waals surface area contributed by atoms with Gasteiger partial charge in [0.1, 0.15) is 5.75 Å². The summed E-state index contributed by atoms with van der Waals surface area (Å²) in [6.45, 7) is 7.47. The Hall–Kier alpha value is -0.660. The Morgan fingerprint density at radius 2 is 1.95 bits per heavy atom. The maximum absolute atomic E-state index is 12.3. The molecule has 1 saturated heterocycles. The van der Waals surface area contributed by atoms with Gasteiger partial charge in [-0.25, -0.2) is 12.7 Å². The number of sulfonamides is 1. The average Bonchev–Trinajstić information content (AvgIpc) is 2.38. The van der Waals surface area contributed by atoms with Gasteiger partial charge in [0.15, 0.2) is 0 Å². The van der Waals surface area contributed by atoms with Gasteiger partial charge in [0, 0.05) is 32.2 Å². The lowest BCUT2D eigenvalue weighted by Gasteiger charge is -2.38. The molecule has 7 heteroatoms. The molecule has 0 radical (unpaired) electrons. The van der Waals surface area contributed by atoms with E-state index in [4.69, 9.17) is 5.73 Å². The monoisotopic (exact) mass is 305 g/mol. The maximum atomic E-state index is 12.3. The van der Waals surface area contributed by atoms with E-state index < -0.39 is 15.8 Å². The molecule has 118 valence electrons. The molecule has 0 bridgehead atoms. The Bertz CT molecular complexity index is 421. The zero-order valence-electron chi connectivity index (χ0n) is 12.7. The van der Waals surface area contributed by atoms with Gasteiger partial charge in [-0.2, -0.15) is 0 Å². The van der Waals surface area contributed by atoms with Crippen LogP contribution < -0.4 is 5.73 Å². The number of nitrogens with two attached hydrogens (primary N) is 1. The molecule has 1 aliphatic rings. The highest BCUT2D eigenvalue weighted by molar-refractivity contribution is 7.89. The molecule has 2 atom stereocenters. The van der Waals surface area contributed by atoms with Gasteiger partial charge < -0.3 is 10.6 Å². The number of carbonyl (C=O) groups excluding carboxylic acids is 1. The fourth-order valence-corrected chi connectivity index (χ4v) is 4.20. The number of nitrogens with zero attached hydrogens (tertiary/aromatic N) is 2. The molecule has 2 unspecified atom stereocenters. The number of likely N-dealkylation sites (tertiary alicyclic amines) is 1. The van der Waals surface area contributed by atoms with Gasteiger partial charge in [0.25, 0.3) is 0 Å². The van der Waals surface area contributed by atoms with Gasteiger partial charge in [-0.1, -0.05) is 20.8 Å². The van der Waals surface area contributed by atoms with Crippen LogP contribution in [0.25, 0.3) is 0 Å². The summed E-state index contributed by atoms with van der Waals surface area (Å²) in [5.41, 5.74) is 5.72. The molecule has 1 rings (SSSR count). The third kappa shape index (κ3) is 4.17. The fourth-order valence-electron chi connectivity index (χ4n) is 2.75. The number of hydrogen-bond donors (Lipinski definition) is 1. The van der Waals surface area contributed by atoms with E-state index in [2.05, 4.69) is 6.92 Å². The fraction of sp³-hybridized carbons (Fsp3) is 0.923. The molecular weight excluding hydrogens is 278 g/mol. The Morgan fingerprint density at radius 1 is 1.35 bits per heavy atom. The van der Waals surface area contributed by atoms with E-state index in [-0.39, 0.29) is 11.9 Å². The maximum Gasteiger partial charge on any atom is 0.239 e. The highest BCUT2D eigenvalue weighted by Crippen LogP contribution is 2.22. The van der Waals surface area contributed by atoms with E-state index in [1.54, 1.807) is 18.7 Å². The van der Waals surface area contributed by atoms with Crippen LogP contribution in [0.3, 0.4) is 0 Å². The molecule has 1 amide bonds. The smallest absolute Gasteiger partial charge is 0.239 e. The molecule has 0 aromatic carbocycles. The molecule has 0 aliphatic carbocycles. The summed E-state index contributed by atoms with van der Waals surface area (Å²) in [5, 5.41) is 0. The first kappa shape index (κ1) is 17.4. The molecular formula is C13H27N3O3S. The van der Waals surface area contributed by atoms with Crippen LogP contribution in [0.1, 0.15) is 33.6 Å². The van der Waals surface area contributed by atoms with Gasteiger partial charge in [-0.3, -0.25) is 4.79 Å². The second-order valence-electron chi connectivity index (χ2n) is 5.45. The van der Waals surface area contributed by atoms with Crippen LogP contribution in [0.4, 0.5) is 0 Å². The minimum Gasteiger partial charge on any atom is -0.338 e. The Kier molecular flexibility index (Phi) is 6.42. The Labute approximate surface area is 122 Å². The molecule has 0 spiro atoms. The number of carbonyl (C=O) groups is 1. The van der Waals surface area contributed by atoms with Gasteiger partial charge >= 0.3 is 0 Å². The number of amides is 1. The lowest BCUT2D eigenvalue weighted by atomic mass is 9.92. The van der Waals surface area contributed by atoms with Crippen molar-refractivity contribution in [3.63, 3.8) is 0 Å². The normalized spacial score (nSPS) is 24.1. The van der Waals surface area contributed by atoms with Crippen LogP contribution in [-0.2, 0) is 14.8 Å². The van der Waals surface area contributed by atoms with E-state index in [1.165, 1.54) is 4.31 Å². The first-order valence-corrected chi connectivity index (χ1v) is 8.93. The van der Waals surface area contributed by atoms with Crippen molar-refractivity contribution >= 4 is 15.9 Å². The van der Waals surface area contributed by atoms with Gasteiger partial charge in [0.05, 0.1) is 0 Å². The zero-order chi connectivity index (χ0) is 15.3. The van der Waals surface area contributed by atoms with Crippen LogP contribution in [0.2, 0.25) is 0 Å². The summed E-state index contributed by atoms with van der Waals surface area (Å²) in [5.74, 6) is -0.231. The zero-order valence-corrected chi connectivity index (χ0v) is 13.5. The van der Waals surface area contributed by atoms with Crippen molar-refractivity contribution in [3.05, 3.63) is 0 Å². The Morgan fingerprint density at radius 3 is 2.45 bits per heavy atom. The number of rotatable bonds is 6. The summed E-state index contributed by atoms with van der Waals surface area (Å²) in [7, 11) is -3.51. The van der Waals surface area contributed by atoms with Gasteiger partial charge in [0.2, 0.25) is 15.9 Å². The molecule has 20 heavy (non-hydrogen) atoms. The molecule has 6 nitrogen and oxygen atoms in total. The van der Waals surface area contributed by atoms with Crippen molar-refractivity contribution in [1.82, 2.24) is 9.21 Å². The minimum atomic E-state index is -3.51. The summed E-state index contributed by atoms with van der Waals surface area (Å²) in [6.07, 6.45) is 1.76. The quantitative estimate of drug-likeness (QED) is 0.762. The van der Waals surface area contributed by atoms with Gasteiger partial charge in [-0.05, 0) is 18.8 Å². The molecule has 0 aromatic heterocycles. The van der Waals surface area contributed by atoms with Crippen LogP contribution in [-0.4, -0.2) is 61.5 Å². The third-order valence-electron chi connectivity index (χ3n) is 3.98. The molecule has 0 saturated carbocycles. The first-order chi connectivity index (χ1) is 9.35. The number of hydrogen-bond acceptors (Lipinski definition) is 4. The standard InChI is InChI=1S/C13H27N3O3S/c1-4-15(5-2)20(18,19)10-13(17)16-7-6-11(3)8-12(16)9-14/h11-12H,4-10,14H2,1-3H3. The average molecular weight is 305 g/mol. The van der Waals surface area contributed by atoms with Gasteiger partial charge in [-0.15, -0.1) is 0 Å². The van der Waals surface area contributed by atoms with E-state index in [9.17, 15) is 13.2 Å². The van der Waals surface area contributed by atoms with Crippen LogP contribution in [0, 0.1) is 5.92 Å². The highest BCUT2D eigenvalue weighted by Gasteiger charge is 2.32. The summed E-state index contributed by atoms with van der Waals surface area (Å²) < 4.78 is 25.6. The van der Waals surface area contributed by atoms with Crippen LogP contribution in [0.15, 0.2) is 0 Å². The predicted octanol–water partition coefficient (Wildman–Crippen LogP) is 0.244. The molecule has 1 aliphatic heterocycles. The molecule has 1 heterocycles. The lowest BCUT2D eigenvalue weighted by Crippen LogP contribution is -2.52. The third-order valence-corrected chi connectivity index (χ3v) is 5.89. The van der Waals surface area contributed by atoms with E-state index in [1.807, 2.05) is 0 Å². The summed E-state index contributed by atoms with van der Waals surface area (Å²) in [6, 6.07) is -0.0295. The van der Waals surface area contributed by atoms with Crippen LogP contribution in [0.5, 0.6) is 0 Å². The molecule has 1 fully saturated rings. The van der Waals surface area contributed by atoms with E-state index in [0.29, 0.717) is 32.1 Å². The first-order valence-electron chi connectivity index (χ1n) is 7.33. The van der Waals surface area contributed by atoms with Crippen molar-refractivity contribution in [2.45, 2.75) is 39.7 Å². The summed E-state index contributed by atoms with van der Waals surface area (Å²) >= 11 is 0. The highest BCUT2D eigenvalue weighted by atomic mass is 32.2. The van der Waals surface area contributed by atoms with Crippen molar-refractivity contribution in [2.24, 2.45) is 11.7 Å². The summed E-state index contributed by atoms with van der Waals surface area (Å²) in [4.78, 5) is 13.9. The second kappa shape index (κ2) is 7.38. The van der Waals surface area contributed by atoms with Crippen molar-refractivity contribution in [2.75, 3.05) is 31.9 Å². The molecule has 0 aromatic rings. The van der Waals surface area contributed by atoms with Crippen molar-refractivity contribution in [1.29, 1.82) is 0 Å². The predicted molar refractivity (Wildman–Crippen MR) is 79.7 cm³/mol. The molecule has 2 N–H and O–H groups in total. The number of piperidine rings is 1.